The molecule has 0 aliphatic heterocycles. The van der Waals surface area contributed by atoms with E-state index in [0.29, 0.717) is 9.80 Å². The van der Waals surface area contributed by atoms with Crippen molar-refractivity contribution >= 4 is 11.8 Å². The fourth-order valence-electron chi connectivity index (χ4n) is 1.75. The minimum atomic E-state index is -5.10. The van der Waals surface area contributed by atoms with E-state index in [1.807, 2.05) is 0 Å². The van der Waals surface area contributed by atoms with Crippen LogP contribution in [0.5, 0.6) is 0 Å². The first-order chi connectivity index (χ1) is 10.4. The summed E-state index contributed by atoms with van der Waals surface area (Å²) in [5.41, 5.74) is 10.2. The van der Waals surface area contributed by atoms with Crippen LogP contribution in [0, 0.1) is 0 Å². The molecule has 4 N–H and O–H groups in total. The highest BCUT2D eigenvalue weighted by Crippen LogP contribution is 2.20. The Labute approximate surface area is 128 Å². The summed E-state index contributed by atoms with van der Waals surface area (Å²) in [6, 6.07) is 0. The molecule has 0 aliphatic rings. The van der Waals surface area contributed by atoms with E-state index in [1.54, 1.807) is 0 Å². The second-order valence-electron chi connectivity index (χ2n) is 4.51. The van der Waals surface area contributed by atoms with Crippen LogP contribution in [0.15, 0.2) is 0 Å². The van der Waals surface area contributed by atoms with Crippen molar-refractivity contribution in [3.8, 4) is 0 Å². The van der Waals surface area contributed by atoms with Crippen molar-refractivity contribution in [3.63, 3.8) is 0 Å². The van der Waals surface area contributed by atoms with Gasteiger partial charge in [0, 0.05) is 39.3 Å². The van der Waals surface area contributed by atoms with Crippen molar-refractivity contribution in [1.29, 1.82) is 0 Å². The molecule has 0 fully saturated rings. The number of carbonyl (C=O) groups excluding carboxylic acids is 2. The minimum Gasteiger partial charge on any atom is -0.334 e. The van der Waals surface area contributed by atoms with E-state index < -0.39 is 50.3 Å². The number of rotatable bonds is 8. The molecule has 0 spiro atoms. The van der Waals surface area contributed by atoms with Gasteiger partial charge in [-0.1, -0.05) is 0 Å². The highest BCUT2D eigenvalue weighted by atomic mass is 19.4. The number of halogens is 6. The fraction of sp³-hybridized carbons (Fsp3) is 0.818. The Morgan fingerprint density at radius 3 is 1.22 bits per heavy atom. The van der Waals surface area contributed by atoms with Crippen molar-refractivity contribution in [2.45, 2.75) is 18.8 Å². The van der Waals surface area contributed by atoms with Crippen LogP contribution in [0.3, 0.4) is 0 Å². The Balaban J connectivity index is 4.71. The maximum Gasteiger partial charge on any atom is 0.471 e. The van der Waals surface area contributed by atoms with Gasteiger partial charge in [-0.05, 0) is 6.42 Å². The topological polar surface area (TPSA) is 92.7 Å². The molecule has 0 rings (SSSR count). The molecule has 0 heterocycles. The predicted molar refractivity (Wildman–Crippen MR) is 68.0 cm³/mol. The molecule has 6 nitrogen and oxygen atoms in total. The summed E-state index contributed by atoms with van der Waals surface area (Å²) in [6.45, 7) is -2.25. The molecular formula is C11H18F6N4O2. The van der Waals surface area contributed by atoms with E-state index in [2.05, 4.69) is 0 Å². The van der Waals surface area contributed by atoms with Gasteiger partial charge in [-0.2, -0.15) is 26.3 Å². The lowest BCUT2D eigenvalue weighted by Crippen LogP contribution is -2.47. The summed E-state index contributed by atoms with van der Waals surface area (Å²) in [7, 11) is 0. The van der Waals surface area contributed by atoms with E-state index in [-0.39, 0.29) is 19.5 Å². The van der Waals surface area contributed by atoms with E-state index >= 15 is 0 Å². The SMILES string of the molecule is NCCN(CCCN(CCN)C(=O)C(F)(F)F)C(=O)C(F)(F)F. The Morgan fingerprint density at radius 2 is 1.00 bits per heavy atom. The normalized spacial score (nSPS) is 12.2. The maximum absolute atomic E-state index is 12.4. The van der Waals surface area contributed by atoms with Gasteiger partial charge in [0.25, 0.3) is 0 Å². The van der Waals surface area contributed by atoms with Crippen molar-refractivity contribution < 1.29 is 35.9 Å². The van der Waals surface area contributed by atoms with E-state index in [4.69, 9.17) is 11.5 Å². The highest BCUT2D eigenvalue weighted by molar-refractivity contribution is 5.82. The van der Waals surface area contributed by atoms with Gasteiger partial charge in [0.15, 0.2) is 0 Å². The summed E-state index contributed by atoms with van der Waals surface area (Å²) >= 11 is 0. The molecule has 23 heavy (non-hydrogen) atoms. The van der Waals surface area contributed by atoms with Crippen LogP contribution in [0.1, 0.15) is 6.42 Å². The third-order valence-electron chi connectivity index (χ3n) is 2.71. The van der Waals surface area contributed by atoms with Gasteiger partial charge in [-0.15, -0.1) is 0 Å². The zero-order chi connectivity index (χ0) is 18.3. The minimum absolute atomic E-state index is 0.240. The number of amides is 2. The molecule has 0 saturated carbocycles. The van der Waals surface area contributed by atoms with Crippen LogP contribution >= 0.6 is 0 Å². The summed E-state index contributed by atoms with van der Waals surface area (Å²) in [5, 5.41) is 0. The van der Waals surface area contributed by atoms with E-state index in [1.165, 1.54) is 0 Å². The van der Waals surface area contributed by atoms with Crippen molar-refractivity contribution in [2.24, 2.45) is 11.5 Å². The van der Waals surface area contributed by atoms with Gasteiger partial charge >= 0.3 is 24.2 Å². The summed E-state index contributed by atoms with van der Waals surface area (Å²) in [5.74, 6) is -4.26. The van der Waals surface area contributed by atoms with Crippen LogP contribution in [0.2, 0.25) is 0 Å². The number of carbonyl (C=O) groups is 2. The molecule has 0 saturated heterocycles. The van der Waals surface area contributed by atoms with E-state index in [9.17, 15) is 35.9 Å². The van der Waals surface area contributed by atoms with Crippen molar-refractivity contribution in [1.82, 2.24) is 9.80 Å². The fourth-order valence-corrected chi connectivity index (χ4v) is 1.75. The Bertz CT molecular complexity index is 363. The van der Waals surface area contributed by atoms with Crippen molar-refractivity contribution in [3.05, 3.63) is 0 Å². The summed E-state index contributed by atoms with van der Waals surface area (Å²) < 4.78 is 74.1. The number of hydrogen-bond acceptors (Lipinski definition) is 4. The van der Waals surface area contributed by atoms with E-state index in [0.717, 1.165) is 0 Å². The van der Waals surface area contributed by atoms with Gasteiger partial charge in [0.05, 0.1) is 0 Å². The van der Waals surface area contributed by atoms with Crippen LogP contribution in [-0.4, -0.2) is 73.2 Å². The lowest BCUT2D eigenvalue weighted by Gasteiger charge is -2.26. The Kier molecular flexibility index (Phi) is 8.31. The average molecular weight is 352 g/mol. The molecular weight excluding hydrogens is 334 g/mol. The van der Waals surface area contributed by atoms with Gasteiger partial charge < -0.3 is 21.3 Å². The summed E-state index contributed by atoms with van der Waals surface area (Å²) in [4.78, 5) is 23.0. The molecule has 0 aromatic carbocycles. The zero-order valence-corrected chi connectivity index (χ0v) is 12.1. The molecule has 0 atom stereocenters. The molecule has 0 aliphatic carbocycles. The third kappa shape index (κ3) is 7.50. The first-order valence-electron chi connectivity index (χ1n) is 6.57. The molecule has 0 unspecified atom stereocenters. The Hall–Kier alpha value is -1.56. The highest BCUT2D eigenvalue weighted by Gasteiger charge is 2.43. The second-order valence-corrected chi connectivity index (χ2v) is 4.51. The first kappa shape index (κ1) is 21.4. The van der Waals surface area contributed by atoms with Crippen molar-refractivity contribution in [2.75, 3.05) is 39.3 Å². The number of alkyl halides is 6. The lowest BCUT2D eigenvalue weighted by atomic mass is 10.3. The molecule has 0 aromatic rings. The monoisotopic (exact) mass is 352 g/mol. The summed E-state index contributed by atoms with van der Waals surface area (Å²) in [6.07, 6.45) is -10.5. The largest absolute Gasteiger partial charge is 0.471 e. The van der Waals surface area contributed by atoms with Gasteiger partial charge in [0.2, 0.25) is 0 Å². The Morgan fingerprint density at radius 1 is 0.696 bits per heavy atom. The maximum atomic E-state index is 12.4. The van der Waals surface area contributed by atoms with Crippen LogP contribution in [-0.2, 0) is 9.59 Å². The van der Waals surface area contributed by atoms with Crippen LogP contribution in [0.4, 0.5) is 26.3 Å². The molecule has 12 heteroatoms. The third-order valence-corrected chi connectivity index (χ3v) is 2.71. The number of hydrogen-bond donors (Lipinski definition) is 2. The smallest absolute Gasteiger partial charge is 0.334 e. The molecule has 0 aromatic heterocycles. The molecule has 0 radical (unpaired) electrons. The predicted octanol–water partition coefficient (Wildman–Crippen LogP) is 0.0757. The van der Waals surface area contributed by atoms with Gasteiger partial charge in [0.1, 0.15) is 0 Å². The second kappa shape index (κ2) is 8.91. The van der Waals surface area contributed by atoms with Crippen LogP contribution < -0.4 is 11.5 Å². The molecule has 136 valence electrons. The van der Waals surface area contributed by atoms with Gasteiger partial charge in [-0.25, -0.2) is 0 Å². The lowest BCUT2D eigenvalue weighted by molar-refractivity contribution is -0.186. The zero-order valence-electron chi connectivity index (χ0n) is 12.1. The number of nitrogens with two attached hydrogens (primary N) is 2. The standard InChI is InChI=1S/C11H18F6N4O2/c12-10(13,14)8(22)20(6-2-18)4-1-5-21(7-3-19)9(23)11(15,16)17/h1-7,18-19H2. The van der Waals surface area contributed by atoms with Crippen LogP contribution in [0.25, 0.3) is 0 Å². The quantitative estimate of drug-likeness (QED) is 0.605. The molecule has 0 bridgehead atoms. The first-order valence-corrected chi connectivity index (χ1v) is 6.57. The molecule has 2 amide bonds. The number of nitrogens with zero attached hydrogens (tertiary/aromatic N) is 2. The average Bonchev–Trinajstić information content (AvgIpc) is 2.41. The van der Waals surface area contributed by atoms with Gasteiger partial charge in [-0.3, -0.25) is 9.59 Å².